The Bertz CT molecular complexity index is 674. The molecular weight excluding hydrogens is 296 g/mol. The van der Waals surface area contributed by atoms with Crippen LogP contribution in [0, 0.1) is 0 Å². The monoisotopic (exact) mass is 314 g/mol. The van der Waals surface area contributed by atoms with E-state index in [-0.39, 0.29) is 5.78 Å². The second kappa shape index (κ2) is 7.45. The van der Waals surface area contributed by atoms with Crippen LogP contribution in [0.15, 0.2) is 48.5 Å². The summed E-state index contributed by atoms with van der Waals surface area (Å²) in [4.78, 5) is 24.3. The van der Waals surface area contributed by atoms with Crippen molar-refractivity contribution in [3.63, 3.8) is 0 Å². The van der Waals surface area contributed by atoms with Crippen LogP contribution in [0.5, 0.6) is 11.5 Å². The molecule has 0 N–H and O–H groups in total. The van der Waals surface area contributed by atoms with Crippen LogP contribution in [0.3, 0.4) is 0 Å². The van der Waals surface area contributed by atoms with Crippen molar-refractivity contribution in [3.05, 3.63) is 59.7 Å². The zero-order valence-corrected chi connectivity index (χ0v) is 13.2. The summed E-state index contributed by atoms with van der Waals surface area (Å²) in [5.74, 6) is 0.477. The second-order valence-corrected chi connectivity index (χ2v) is 4.87. The molecule has 0 saturated carbocycles. The van der Waals surface area contributed by atoms with E-state index < -0.39 is 12.1 Å². The van der Waals surface area contributed by atoms with E-state index in [0.29, 0.717) is 22.6 Å². The molecule has 0 spiro atoms. The summed E-state index contributed by atoms with van der Waals surface area (Å²) in [5, 5.41) is 0. The van der Waals surface area contributed by atoms with Crippen LogP contribution in [0.25, 0.3) is 0 Å². The van der Waals surface area contributed by atoms with Gasteiger partial charge in [0.05, 0.1) is 19.8 Å². The fraction of sp³-hybridized carbons (Fsp3) is 0.222. The summed E-state index contributed by atoms with van der Waals surface area (Å²) < 4.78 is 15.3. The van der Waals surface area contributed by atoms with Crippen LogP contribution in [-0.2, 0) is 4.74 Å². The molecule has 0 radical (unpaired) electrons. The van der Waals surface area contributed by atoms with Gasteiger partial charge in [-0.05, 0) is 55.5 Å². The minimum absolute atomic E-state index is 0.269. The molecule has 0 fully saturated rings. The molecule has 0 aromatic heterocycles. The van der Waals surface area contributed by atoms with Gasteiger partial charge in [0.25, 0.3) is 0 Å². The lowest BCUT2D eigenvalue weighted by Crippen LogP contribution is -2.24. The highest BCUT2D eigenvalue weighted by Gasteiger charge is 2.20. The maximum Gasteiger partial charge on any atom is 0.338 e. The first-order chi connectivity index (χ1) is 11.0. The Hall–Kier alpha value is -2.82. The first-order valence-corrected chi connectivity index (χ1v) is 7.08. The smallest absolute Gasteiger partial charge is 0.338 e. The number of benzene rings is 2. The van der Waals surface area contributed by atoms with E-state index in [1.807, 2.05) is 0 Å². The van der Waals surface area contributed by atoms with Gasteiger partial charge < -0.3 is 14.2 Å². The highest BCUT2D eigenvalue weighted by Crippen LogP contribution is 2.16. The lowest BCUT2D eigenvalue weighted by atomic mass is 10.1. The standard InChI is InChI=1S/C18H18O5/c1-12(17(19)13-4-8-15(21-2)9-5-13)23-18(20)14-6-10-16(22-3)11-7-14/h4-12H,1-3H3/t12-/m1/s1. The predicted molar refractivity (Wildman–Crippen MR) is 85.2 cm³/mol. The van der Waals surface area contributed by atoms with Crippen molar-refractivity contribution in [3.8, 4) is 11.5 Å². The number of hydrogen-bond acceptors (Lipinski definition) is 5. The highest BCUT2D eigenvalue weighted by atomic mass is 16.5. The number of carbonyl (C=O) groups excluding carboxylic acids is 2. The number of esters is 1. The molecule has 0 aliphatic carbocycles. The average molecular weight is 314 g/mol. The third-order valence-electron chi connectivity index (χ3n) is 3.35. The molecular formula is C18H18O5. The number of Topliss-reactive ketones (excluding diaryl/α,β-unsaturated/α-hetero) is 1. The second-order valence-electron chi connectivity index (χ2n) is 4.87. The summed E-state index contributed by atoms with van der Waals surface area (Å²) in [6.45, 7) is 1.55. The van der Waals surface area contributed by atoms with Crippen molar-refractivity contribution in [2.75, 3.05) is 14.2 Å². The lowest BCUT2D eigenvalue weighted by molar-refractivity contribution is 0.0319. The van der Waals surface area contributed by atoms with E-state index in [9.17, 15) is 9.59 Å². The molecule has 120 valence electrons. The quantitative estimate of drug-likeness (QED) is 0.605. The average Bonchev–Trinajstić information content (AvgIpc) is 2.61. The zero-order valence-electron chi connectivity index (χ0n) is 13.2. The van der Waals surface area contributed by atoms with Crippen LogP contribution < -0.4 is 9.47 Å². The van der Waals surface area contributed by atoms with Crippen molar-refractivity contribution < 1.29 is 23.8 Å². The maximum atomic E-state index is 12.3. The summed E-state index contributed by atoms with van der Waals surface area (Å²) in [7, 11) is 3.10. The Morgan fingerprint density at radius 3 is 1.65 bits per heavy atom. The SMILES string of the molecule is COc1ccc(C(=O)O[C@H](C)C(=O)c2ccc(OC)cc2)cc1. The van der Waals surface area contributed by atoms with Gasteiger partial charge in [-0.2, -0.15) is 0 Å². The Labute approximate surface area is 134 Å². The zero-order chi connectivity index (χ0) is 16.8. The fourth-order valence-electron chi connectivity index (χ4n) is 2.00. The highest BCUT2D eigenvalue weighted by molar-refractivity contribution is 6.01. The van der Waals surface area contributed by atoms with Crippen molar-refractivity contribution in [1.82, 2.24) is 0 Å². The Morgan fingerprint density at radius 2 is 1.22 bits per heavy atom. The number of hydrogen-bond donors (Lipinski definition) is 0. The summed E-state index contributed by atoms with van der Waals surface area (Å²) in [6.07, 6.45) is -0.877. The van der Waals surface area contributed by atoms with Gasteiger partial charge in [-0.25, -0.2) is 4.79 Å². The van der Waals surface area contributed by atoms with Gasteiger partial charge in [-0.15, -0.1) is 0 Å². The maximum absolute atomic E-state index is 12.3. The molecule has 0 heterocycles. The van der Waals surface area contributed by atoms with Crippen LogP contribution in [0.2, 0.25) is 0 Å². The molecule has 0 bridgehead atoms. The van der Waals surface area contributed by atoms with Gasteiger partial charge in [0.2, 0.25) is 5.78 Å². The van der Waals surface area contributed by atoms with Crippen LogP contribution in [-0.4, -0.2) is 32.1 Å². The van der Waals surface area contributed by atoms with Crippen molar-refractivity contribution in [2.45, 2.75) is 13.0 Å². The van der Waals surface area contributed by atoms with E-state index in [2.05, 4.69) is 0 Å². The van der Waals surface area contributed by atoms with E-state index in [0.717, 1.165) is 0 Å². The van der Waals surface area contributed by atoms with Crippen LogP contribution >= 0.6 is 0 Å². The Balaban J connectivity index is 2.02. The van der Waals surface area contributed by atoms with E-state index in [1.54, 1.807) is 69.7 Å². The largest absolute Gasteiger partial charge is 0.497 e. The van der Waals surface area contributed by atoms with Crippen molar-refractivity contribution >= 4 is 11.8 Å². The molecule has 0 amide bonds. The Kier molecular flexibility index (Phi) is 5.36. The van der Waals surface area contributed by atoms with Gasteiger partial charge in [0.15, 0.2) is 6.10 Å². The first-order valence-electron chi connectivity index (χ1n) is 7.08. The van der Waals surface area contributed by atoms with Gasteiger partial charge in [0.1, 0.15) is 11.5 Å². The Morgan fingerprint density at radius 1 is 0.783 bits per heavy atom. The van der Waals surface area contributed by atoms with Crippen LogP contribution in [0.4, 0.5) is 0 Å². The number of carbonyl (C=O) groups is 2. The molecule has 23 heavy (non-hydrogen) atoms. The van der Waals surface area contributed by atoms with Gasteiger partial charge in [-0.3, -0.25) is 4.79 Å². The molecule has 1 atom stereocenters. The van der Waals surface area contributed by atoms with Gasteiger partial charge in [0, 0.05) is 5.56 Å². The molecule has 5 nitrogen and oxygen atoms in total. The predicted octanol–water partition coefficient (Wildman–Crippen LogP) is 3.13. The van der Waals surface area contributed by atoms with Crippen molar-refractivity contribution in [2.24, 2.45) is 0 Å². The number of rotatable bonds is 6. The van der Waals surface area contributed by atoms with E-state index in [1.165, 1.54) is 0 Å². The van der Waals surface area contributed by atoms with E-state index in [4.69, 9.17) is 14.2 Å². The summed E-state index contributed by atoms with van der Waals surface area (Å²) in [5.41, 5.74) is 0.820. The fourth-order valence-corrected chi connectivity index (χ4v) is 2.00. The molecule has 2 rings (SSSR count). The summed E-state index contributed by atoms with van der Waals surface area (Å²) in [6, 6.07) is 13.1. The minimum atomic E-state index is -0.877. The molecule has 2 aromatic carbocycles. The number of ether oxygens (including phenoxy) is 3. The first kappa shape index (κ1) is 16.5. The lowest BCUT2D eigenvalue weighted by Gasteiger charge is -2.13. The molecule has 0 unspecified atom stereocenters. The molecule has 0 aliphatic heterocycles. The molecule has 0 saturated heterocycles. The van der Waals surface area contributed by atoms with Gasteiger partial charge in [-0.1, -0.05) is 0 Å². The number of methoxy groups -OCH3 is 2. The van der Waals surface area contributed by atoms with Crippen molar-refractivity contribution in [1.29, 1.82) is 0 Å². The topological polar surface area (TPSA) is 61.8 Å². The van der Waals surface area contributed by atoms with Gasteiger partial charge >= 0.3 is 5.97 Å². The summed E-state index contributed by atoms with van der Waals surface area (Å²) >= 11 is 0. The van der Waals surface area contributed by atoms with E-state index >= 15 is 0 Å². The molecule has 0 aliphatic rings. The molecule has 5 heteroatoms. The molecule has 2 aromatic rings. The van der Waals surface area contributed by atoms with Crippen LogP contribution in [0.1, 0.15) is 27.6 Å². The minimum Gasteiger partial charge on any atom is -0.497 e. The third-order valence-corrected chi connectivity index (χ3v) is 3.35. The number of ketones is 1. The normalized spacial score (nSPS) is 11.4. The third kappa shape index (κ3) is 4.10.